The summed E-state index contributed by atoms with van der Waals surface area (Å²) in [5.74, 6) is -2.24. The number of methoxy groups -OCH3 is 1. The number of hydrogen-bond acceptors (Lipinski definition) is 6. The second kappa shape index (κ2) is 9.14. The van der Waals surface area contributed by atoms with Gasteiger partial charge in [0.2, 0.25) is 0 Å². The van der Waals surface area contributed by atoms with Crippen LogP contribution in [0.25, 0.3) is 5.76 Å². The molecule has 166 valence electrons. The summed E-state index contributed by atoms with van der Waals surface area (Å²) in [5.41, 5.74) is 1.29. The average molecular weight is 456 g/mol. The molecule has 2 atom stereocenters. The van der Waals surface area contributed by atoms with Crippen molar-refractivity contribution in [2.75, 3.05) is 20.3 Å². The lowest BCUT2D eigenvalue weighted by Crippen LogP contribution is -2.36. The molecule has 2 saturated heterocycles. The fourth-order valence-corrected chi connectivity index (χ4v) is 4.23. The maximum atomic E-state index is 13.0. The van der Waals surface area contributed by atoms with Crippen molar-refractivity contribution in [2.45, 2.75) is 25.0 Å². The fraction of sp³-hybridized carbons (Fsp3) is 0.292. The largest absolute Gasteiger partial charge is 0.507 e. The summed E-state index contributed by atoms with van der Waals surface area (Å²) < 4.78 is 10.4. The van der Waals surface area contributed by atoms with Crippen molar-refractivity contribution in [3.05, 3.63) is 75.8 Å². The van der Waals surface area contributed by atoms with E-state index in [9.17, 15) is 19.5 Å². The molecular formula is C24H22ClNO6. The molecular weight excluding hydrogens is 434 g/mol. The molecule has 1 N–H and O–H groups in total. The number of Topliss-reactive ketones (excluding diaryl/α,β-unsaturated/α-hetero) is 1. The summed E-state index contributed by atoms with van der Waals surface area (Å²) in [5, 5.41) is 11.5. The molecule has 2 aliphatic rings. The standard InChI is InChI=1S/C24H22ClNO6/c1-31-24(30)16-6-4-14(5-7-16)20-19(21(27)15-8-10-17(25)11-9-15)22(28)23(29)26(20)13-18-3-2-12-32-18/h4-11,18,20,27H,2-3,12-13H2,1H3/t18-,20-/m1/s1. The lowest BCUT2D eigenvalue weighted by molar-refractivity contribution is -0.140. The van der Waals surface area contributed by atoms with Gasteiger partial charge in [0.15, 0.2) is 0 Å². The molecule has 0 bridgehead atoms. The van der Waals surface area contributed by atoms with Crippen molar-refractivity contribution < 1.29 is 29.0 Å². The minimum absolute atomic E-state index is 0.0128. The Kier molecular flexibility index (Phi) is 6.30. The van der Waals surface area contributed by atoms with Crippen molar-refractivity contribution in [2.24, 2.45) is 0 Å². The van der Waals surface area contributed by atoms with E-state index in [1.807, 2.05) is 0 Å². The minimum atomic E-state index is -0.818. The van der Waals surface area contributed by atoms with Crippen molar-refractivity contribution in [1.29, 1.82) is 0 Å². The van der Waals surface area contributed by atoms with Crippen LogP contribution in [0.4, 0.5) is 0 Å². The van der Waals surface area contributed by atoms with E-state index in [0.717, 1.165) is 12.8 Å². The van der Waals surface area contributed by atoms with Gasteiger partial charge in [0, 0.05) is 23.7 Å². The summed E-state index contributed by atoms with van der Waals surface area (Å²) in [6.45, 7) is 0.837. The summed E-state index contributed by atoms with van der Waals surface area (Å²) in [6, 6.07) is 12.0. The number of carbonyl (C=O) groups excluding carboxylic acids is 3. The third kappa shape index (κ3) is 4.13. The summed E-state index contributed by atoms with van der Waals surface area (Å²) in [7, 11) is 1.29. The van der Waals surface area contributed by atoms with E-state index >= 15 is 0 Å². The number of ether oxygens (including phenoxy) is 2. The molecule has 0 saturated carbocycles. The highest BCUT2D eigenvalue weighted by Gasteiger charge is 2.47. The number of rotatable bonds is 5. The summed E-state index contributed by atoms with van der Waals surface area (Å²) >= 11 is 5.94. The quantitative estimate of drug-likeness (QED) is 0.319. The molecule has 4 rings (SSSR count). The molecule has 32 heavy (non-hydrogen) atoms. The van der Waals surface area contributed by atoms with Crippen LogP contribution in [-0.2, 0) is 19.1 Å². The van der Waals surface area contributed by atoms with Gasteiger partial charge >= 0.3 is 5.97 Å². The molecule has 2 aliphatic heterocycles. The van der Waals surface area contributed by atoms with Gasteiger partial charge in [-0.25, -0.2) is 4.79 Å². The first-order valence-corrected chi connectivity index (χ1v) is 10.6. The Hall–Kier alpha value is -3.16. The van der Waals surface area contributed by atoms with E-state index in [1.54, 1.807) is 48.5 Å². The van der Waals surface area contributed by atoms with E-state index in [0.29, 0.717) is 28.3 Å². The summed E-state index contributed by atoms with van der Waals surface area (Å²) in [6.07, 6.45) is 1.49. The second-order valence-electron chi connectivity index (χ2n) is 7.71. The first kappa shape index (κ1) is 22.0. The van der Waals surface area contributed by atoms with Crippen LogP contribution in [0, 0.1) is 0 Å². The van der Waals surface area contributed by atoms with Gasteiger partial charge in [0.1, 0.15) is 5.76 Å². The Balaban J connectivity index is 1.80. The van der Waals surface area contributed by atoms with Crippen LogP contribution in [0.2, 0.25) is 5.02 Å². The van der Waals surface area contributed by atoms with Gasteiger partial charge in [-0.2, -0.15) is 0 Å². The fourth-order valence-electron chi connectivity index (χ4n) is 4.11. The van der Waals surface area contributed by atoms with Gasteiger partial charge in [-0.1, -0.05) is 23.7 Å². The zero-order valence-corrected chi connectivity index (χ0v) is 18.2. The molecule has 7 nitrogen and oxygen atoms in total. The molecule has 0 spiro atoms. The van der Waals surface area contributed by atoms with Crippen LogP contribution in [0.3, 0.4) is 0 Å². The number of hydrogen-bond donors (Lipinski definition) is 1. The minimum Gasteiger partial charge on any atom is -0.507 e. The number of nitrogens with zero attached hydrogens (tertiary/aromatic N) is 1. The van der Waals surface area contributed by atoms with Gasteiger partial charge in [-0.05, 0) is 54.8 Å². The van der Waals surface area contributed by atoms with Crippen LogP contribution < -0.4 is 0 Å². The number of likely N-dealkylation sites (tertiary alicyclic amines) is 1. The smallest absolute Gasteiger partial charge is 0.337 e. The zero-order valence-electron chi connectivity index (χ0n) is 17.4. The van der Waals surface area contributed by atoms with Gasteiger partial charge < -0.3 is 19.5 Å². The number of esters is 1. The highest BCUT2D eigenvalue weighted by molar-refractivity contribution is 6.46. The van der Waals surface area contributed by atoms with Gasteiger partial charge in [0.05, 0.1) is 30.4 Å². The van der Waals surface area contributed by atoms with Crippen LogP contribution >= 0.6 is 11.6 Å². The molecule has 0 radical (unpaired) electrons. The van der Waals surface area contributed by atoms with E-state index < -0.39 is 23.7 Å². The van der Waals surface area contributed by atoms with Gasteiger partial charge in [-0.15, -0.1) is 0 Å². The first-order chi connectivity index (χ1) is 15.4. The number of halogens is 1. The molecule has 2 aromatic carbocycles. The third-order valence-electron chi connectivity index (χ3n) is 5.73. The third-order valence-corrected chi connectivity index (χ3v) is 5.98. The van der Waals surface area contributed by atoms with E-state index in [2.05, 4.69) is 0 Å². The first-order valence-electron chi connectivity index (χ1n) is 10.2. The maximum absolute atomic E-state index is 13.0. The van der Waals surface area contributed by atoms with Crippen molar-refractivity contribution >= 4 is 35.0 Å². The van der Waals surface area contributed by atoms with Crippen LogP contribution in [0.1, 0.15) is 40.4 Å². The van der Waals surface area contributed by atoms with Crippen LogP contribution in [-0.4, -0.2) is 54.0 Å². The average Bonchev–Trinajstić information content (AvgIpc) is 3.41. The van der Waals surface area contributed by atoms with Crippen molar-refractivity contribution in [3.8, 4) is 0 Å². The topological polar surface area (TPSA) is 93.1 Å². The molecule has 0 aromatic heterocycles. The number of aliphatic hydroxyl groups excluding tert-OH is 1. The molecule has 2 fully saturated rings. The zero-order chi connectivity index (χ0) is 22.8. The van der Waals surface area contributed by atoms with Crippen LogP contribution in [0.5, 0.6) is 0 Å². The lowest BCUT2D eigenvalue weighted by Gasteiger charge is -2.27. The maximum Gasteiger partial charge on any atom is 0.337 e. The Morgan fingerprint density at radius 1 is 1.12 bits per heavy atom. The second-order valence-corrected chi connectivity index (χ2v) is 8.14. The molecule has 0 aliphatic carbocycles. The summed E-state index contributed by atoms with van der Waals surface area (Å²) in [4.78, 5) is 39.3. The Labute approximate surface area is 190 Å². The van der Waals surface area contributed by atoms with E-state index in [-0.39, 0.29) is 24.0 Å². The number of carbonyl (C=O) groups is 3. The molecule has 1 amide bonds. The Bertz CT molecular complexity index is 1070. The van der Waals surface area contributed by atoms with Crippen molar-refractivity contribution in [1.82, 2.24) is 4.90 Å². The number of aliphatic hydroxyl groups is 1. The van der Waals surface area contributed by atoms with E-state index in [1.165, 1.54) is 12.0 Å². The Morgan fingerprint density at radius 3 is 2.38 bits per heavy atom. The number of benzene rings is 2. The molecule has 2 heterocycles. The lowest BCUT2D eigenvalue weighted by atomic mass is 9.94. The highest BCUT2D eigenvalue weighted by Crippen LogP contribution is 2.40. The molecule has 2 aromatic rings. The monoisotopic (exact) mass is 455 g/mol. The Morgan fingerprint density at radius 2 is 1.78 bits per heavy atom. The predicted molar refractivity (Wildman–Crippen MR) is 117 cm³/mol. The molecule has 8 heteroatoms. The number of amides is 1. The van der Waals surface area contributed by atoms with Gasteiger partial charge in [0.25, 0.3) is 11.7 Å². The number of ketones is 1. The predicted octanol–water partition coefficient (Wildman–Crippen LogP) is 3.73. The van der Waals surface area contributed by atoms with Gasteiger partial charge in [-0.3, -0.25) is 9.59 Å². The molecule has 0 unspecified atom stereocenters. The van der Waals surface area contributed by atoms with Crippen molar-refractivity contribution in [3.63, 3.8) is 0 Å². The van der Waals surface area contributed by atoms with E-state index in [4.69, 9.17) is 21.1 Å². The highest BCUT2D eigenvalue weighted by atomic mass is 35.5. The normalized spacial score (nSPS) is 22.4. The SMILES string of the molecule is COC(=O)c1ccc([C@@H]2C(=C(O)c3ccc(Cl)cc3)C(=O)C(=O)N2C[C@H]2CCCO2)cc1. The van der Waals surface area contributed by atoms with Crippen LogP contribution in [0.15, 0.2) is 54.1 Å².